The van der Waals surface area contributed by atoms with Gasteiger partial charge in [-0.1, -0.05) is 12.8 Å². The van der Waals surface area contributed by atoms with Gasteiger partial charge in [-0.15, -0.1) is 0 Å². The molecule has 2 nitrogen and oxygen atoms in total. The van der Waals surface area contributed by atoms with E-state index in [1.807, 2.05) is 0 Å². The normalized spacial score (nSPS) is 35.1. The fraction of sp³-hybridized carbons (Fsp3) is 0.500. The van der Waals surface area contributed by atoms with Crippen LogP contribution in [0.4, 0.5) is 0 Å². The molecule has 0 aromatic heterocycles. The van der Waals surface area contributed by atoms with Crippen molar-refractivity contribution in [2.45, 2.75) is 25.7 Å². The van der Waals surface area contributed by atoms with Gasteiger partial charge in [-0.05, 0) is 36.8 Å². The fourth-order valence-electron chi connectivity index (χ4n) is 3.09. The minimum absolute atomic E-state index is 0.0859. The second kappa shape index (κ2) is 2.66. The average molecular weight is 188 g/mol. The Kier molecular flexibility index (Phi) is 1.55. The summed E-state index contributed by atoms with van der Waals surface area (Å²) >= 11 is 0. The van der Waals surface area contributed by atoms with Gasteiger partial charge in [0.25, 0.3) is 0 Å². The van der Waals surface area contributed by atoms with Crippen LogP contribution in [0.3, 0.4) is 0 Å². The van der Waals surface area contributed by atoms with Gasteiger partial charge in [0.05, 0.1) is 0 Å². The molecule has 0 spiro atoms. The zero-order valence-electron chi connectivity index (χ0n) is 7.95. The number of hydrogen-bond donors (Lipinski definition) is 0. The van der Waals surface area contributed by atoms with Crippen molar-refractivity contribution < 1.29 is 9.59 Å². The maximum absolute atomic E-state index is 11.6. The first-order valence-corrected chi connectivity index (χ1v) is 5.30. The molecule has 1 fully saturated rings. The Bertz CT molecular complexity index is 351. The largest absolute Gasteiger partial charge is 0.290 e. The summed E-state index contributed by atoms with van der Waals surface area (Å²) < 4.78 is 0. The molecule has 0 aromatic rings. The van der Waals surface area contributed by atoms with Crippen LogP contribution in [0.15, 0.2) is 23.3 Å². The van der Waals surface area contributed by atoms with E-state index in [1.54, 1.807) is 0 Å². The molecule has 0 bridgehead atoms. The summed E-state index contributed by atoms with van der Waals surface area (Å²) in [6.07, 6.45) is 7.51. The van der Waals surface area contributed by atoms with Crippen molar-refractivity contribution >= 4 is 11.6 Å². The Morgan fingerprint density at radius 2 is 1.29 bits per heavy atom. The zero-order chi connectivity index (χ0) is 9.71. The van der Waals surface area contributed by atoms with Crippen molar-refractivity contribution in [1.82, 2.24) is 0 Å². The molecule has 0 saturated heterocycles. The Morgan fingerprint density at radius 3 is 1.71 bits per heavy atom. The molecule has 0 aromatic carbocycles. The first-order chi connectivity index (χ1) is 6.79. The highest BCUT2D eigenvalue weighted by atomic mass is 16.1. The van der Waals surface area contributed by atoms with Crippen LogP contribution in [0.2, 0.25) is 0 Å². The lowest BCUT2D eigenvalue weighted by Gasteiger charge is -2.44. The molecule has 0 radical (unpaired) electrons. The summed E-state index contributed by atoms with van der Waals surface area (Å²) in [5, 5.41) is 0. The second-order valence-electron chi connectivity index (χ2n) is 4.39. The third kappa shape index (κ3) is 0.861. The smallest absolute Gasteiger partial charge is 0.182 e. The summed E-state index contributed by atoms with van der Waals surface area (Å²) in [6, 6.07) is 0. The molecule has 3 aliphatic rings. The standard InChI is InChI=1S/C12H12O2/c13-9-5-6-10(14)12-8-4-2-1-3-7(8)11(9)12/h5-8H,1-4H2. The molecule has 3 rings (SSSR count). The van der Waals surface area contributed by atoms with Crippen molar-refractivity contribution in [2.24, 2.45) is 11.8 Å². The Labute approximate surface area is 82.7 Å². The summed E-state index contributed by atoms with van der Waals surface area (Å²) in [4.78, 5) is 23.1. The predicted octanol–water partition coefficient (Wildman–Crippen LogP) is 1.81. The highest BCUT2D eigenvalue weighted by Gasteiger charge is 2.47. The molecule has 0 heterocycles. The number of carbonyl (C=O) groups excluding carboxylic acids is 2. The molecule has 14 heavy (non-hydrogen) atoms. The molecule has 3 aliphatic carbocycles. The number of rotatable bonds is 0. The summed E-state index contributed by atoms with van der Waals surface area (Å²) in [5.74, 6) is 1.01. The van der Waals surface area contributed by atoms with E-state index in [4.69, 9.17) is 0 Å². The Hall–Kier alpha value is -1.18. The first kappa shape index (κ1) is 8.16. The number of carbonyl (C=O) groups is 2. The van der Waals surface area contributed by atoms with E-state index >= 15 is 0 Å². The van der Waals surface area contributed by atoms with Crippen LogP contribution in [-0.2, 0) is 9.59 Å². The number of allylic oxidation sites excluding steroid dienone is 4. The fourth-order valence-corrected chi connectivity index (χ4v) is 3.09. The van der Waals surface area contributed by atoms with Gasteiger partial charge in [0, 0.05) is 11.1 Å². The van der Waals surface area contributed by atoms with Crippen LogP contribution in [0.1, 0.15) is 25.7 Å². The second-order valence-corrected chi connectivity index (χ2v) is 4.39. The minimum atomic E-state index is 0.0859. The lowest BCUT2D eigenvalue weighted by molar-refractivity contribution is -0.118. The minimum Gasteiger partial charge on any atom is -0.290 e. The van der Waals surface area contributed by atoms with Gasteiger partial charge in [0.15, 0.2) is 11.6 Å². The number of hydrogen-bond acceptors (Lipinski definition) is 2. The zero-order valence-corrected chi connectivity index (χ0v) is 7.95. The Morgan fingerprint density at radius 1 is 0.857 bits per heavy atom. The van der Waals surface area contributed by atoms with Gasteiger partial charge < -0.3 is 0 Å². The maximum atomic E-state index is 11.6. The lowest BCUT2D eigenvalue weighted by Crippen LogP contribution is -2.41. The molecule has 0 N–H and O–H groups in total. The maximum Gasteiger partial charge on any atom is 0.182 e. The van der Waals surface area contributed by atoms with Gasteiger partial charge in [-0.25, -0.2) is 0 Å². The highest BCUT2D eigenvalue weighted by molar-refractivity contribution is 6.22. The van der Waals surface area contributed by atoms with Gasteiger partial charge >= 0.3 is 0 Å². The topological polar surface area (TPSA) is 34.1 Å². The van der Waals surface area contributed by atoms with E-state index in [1.165, 1.54) is 25.0 Å². The van der Waals surface area contributed by atoms with Gasteiger partial charge in [-0.3, -0.25) is 9.59 Å². The van der Waals surface area contributed by atoms with Crippen molar-refractivity contribution in [3.63, 3.8) is 0 Å². The monoisotopic (exact) mass is 188 g/mol. The van der Waals surface area contributed by atoms with E-state index in [0.717, 1.165) is 24.0 Å². The molecule has 0 aliphatic heterocycles. The van der Waals surface area contributed by atoms with Crippen molar-refractivity contribution in [3.8, 4) is 0 Å². The molecular weight excluding hydrogens is 176 g/mol. The van der Waals surface area contributed by atoms with Crippen LogP contribution in [0.25, 0.3) is 0 Å². The molecule has 2 unspecified atom stereocenters. The van der Waals surface area contributed by atoms with E-state index in [2.05, 4.69) is 0 Å². The van der Waals surface area contributed by atoms with E-state index in [0.29, 0.717) is 11.8 Å². The van der Waals surface area contributed by atoms with Crippen LogP contribution in [0, 0.1) is 11.8 Å². The Balaban J connectivity index is 2.04. The third-order valence-electron chi connectivity index (χ3n) is 3.71. The molecule has 2 heteroatoms. The third-order valence-corrected chi connectivity index (χ3v) is 3.71. The van der Waals surface area contributed by atoms with Gasteiger partial charge in [0.1, 0.15) is 0 Å². The predicted molar refractivity (Wildman–Crippen MR) is 51.6 cm³/mol. The van der Waals surface area contributed by atoms with Crippen LogP contribution < -0.4 is 0 Å². The lowest BCUT2D eigenvalue weighted by atomic mass is 9.58. The molecular formula is C12H12O2. The molecule has 2 atom stereocenters. The van der Waals surface area contributed by atoms with Crippen molar-refractivity contribution in [2.75, 3.05) is 0 Å². The summed E-state index contributed by atoms with van der Waals surface area (Å²) in [7, 11) is 0. The van der Waals surface area contributed by atoms with Crippen molar-refractivity contribution in [1.29, 1.82) is 0 Å². The molecule has 72 valence electrons. The van der Waals surface area contributed by atoms with E-state index in [-0.39, 0.29) is 11.6 Å². The summed E-state index contributed by atoms with van der Waals surface area (Å²) in [5.41, 5.74) is 1.70. The van der Waals surface area contributed by atoms with Gasteiger partial charge in [-0.2, -0.15) is 0 Å². The van der Waals surface area contributed by atoms with Gasteiger partial charge in [0.2, 0.25) is 0 Å². The first-order valence-electron chi connectivity index (χ1n) is 5.30. The van der Waals surface area contributed by atoms with E-state index < -0.39 is 0 Å². The van der Waals surface area contributed by atoms with Crippen LogP contribution in [0.5, 0.6) is 0 Å². The van der Waals surface area contributed by atoms with E-state index in [9.17, 15) is 9.59 Å². The molecule has 0 amide bonds. The quantitative estimate of drug-likeness (QED) is 0.543. The average Bonchev–Trinajstić information content (AvgIpc) is 2.16. The number of fused-ring (bicyclic) bond motifs is 3. The number of ketones is 2. The van der Waals surface area contributed by atoms with Crippen molar-refractivity contribution in [3.05, 3.63) is 23.3 Å². The SMILES string of the molecule is O=C1C=CC(=O)C2=C1C1CCCCC21. The summed E-state index contributed by atoms with van der Waals surface area (Å²) in [6.45, 7) is 0. The molecule has 1 saturated carbocycles. The highest BCUT2D eigenvalue weighted by Crippen LogP contribution is 2.51. The van der Waals surface area contributed by atoms with Crippen LogP contribution >= 0.6 is 0 Å². The van der Waals surface area contributed by atoms with Crippen LogP contribution in [-0.4, -0.2) is 11.6 Å².